The molecular formula is C20H23NO5S. The van der Waals surface area contributed by atoms with Gasteiger partial charge in [-0.1, -0.05) is 12.1 Å². The number of carbonyl (C=O) groups excluding carboxylic acids is 2. The average Bonchev–Trinajstić information content (AvgIpc) is 2.52. The van der Waals surface area contributed by atoms with Crippen LogP contribution in [-0.2, 0) is 21.4 Å². The van der Waals surface area contributed by atoms with Crippen LogP contribution in [-0.4, -0.2) is 20.2 Å². The third kappa shape index (κ3) is 4.43. The predicted molar refractivity (Wildman–Crippen MR) is 102 cm³/mol. The molecule has 144 valence electrons. The Morgan fingerprint density at radius 1 is 1.00 bits per heavy atom. The van der Waals surface area contributed by atoms with Gasteiger partial charge >= 0.3 is 5.97 Å². The van der Waals surface area contributed by atoms with Gasteiger partial charge in [-0.05, 0) is 74.6 Å². The maximum atomic E-state index is 12.5. The monoisotopic (exact) mass is 389 g/mol. The molecule has 2 aromatic carbocycles. The second-order valence-corrected chi connectivity index (χ2v) is 8.20. The zero-order valence-corrected chi connectivity index (χ0v) is 16.9. The standard InChI is InChI=1S/C20H23NO5S/c1-11-6-7-16(27(21,24)25)9-17(11)20(23)26-10-18-12(2)8-13(3)19(14(18)4)15(5)22/h6-9H,10H2,1-5H3,(H2,21,24,25). The van der Waals surface area contributed by atoms with Crippen LogP contribution in [0.25, 0.3) is 0 Å². The highest BCUT2D eigenvalue weighted by Crippen LogP contribution is 2.24. The molecule has 0 spiro atoms. The number of esters is 1. The first-order valence-electron chi connectivity index (χ1n) is 8.34. The Hall–Kier alpha value is -2.51. The van der Waals surface area contributed by atoms with Gasteiger partial charge < -0.3 is 4.74 Å². The van der Waals surface area contributed by atoms with E-state index in [4.69, 9.17) is 9.88 Å². The van der Waals surface area contributed by atoms with Crippen LogP contribution in [0.4, 0.5) is 0 Å². The maximum absolute atomic E-state index is 12.5. The third-order valence-corrected chi connectivity index (χ3v) is 5.50. The summed E-state index contributed by atoms with van der Waals surface area (Å²) in [7, 11) is -3.92. The second-order valence-electron chi connectivity index (χ2n) is 6.64. The van der Waals surface area contributed by atoms with Crippen LogP contribution in [0.3, 0.4) is 0 Å². The molecule has 0 unspecified atom stereocenters. The molecule has 0 bridgehead atoms. The Balaban J connectivity index is 2.34. The van der Waals surface area contributed by atoms with Gasteiger partial charge in [0.15, 0.2) is 5.78 Å². The van der Waals surface area contributed by atoms with Crippen LogP contribution in [0, 0.1) is 27.7 Å². The van der Waals surface area contributed by atoms with Crippen molar-refractivity contribution in [3.05, 3.63) is 63.2 Å². The number of ether oxygens (including phenoxy) is 1. The van der Waals surface area contributed by atoms with Gasteiger partial charge in [-0.3, -0.25) is 4.79 Å². The summed E-state index contributed by atoms with van der Waals surface area (Å²) in [5, 5.41) is 5.13. The highest BCUT2D eigenvalue weighted by atomic mass is 32.2. The molecule has 0 heterocycles. The van der Waals surface area contributed by atoms with Crippen molar-refractivity contribution in [3.63, 3.8) is 0 Å². The van der Waals surface area contributed by atoms with Crippen molar-refractivity contribution in [2.75, 3.05) is 0 Å². The number of Topliss-reactive ketones (excluding diaryl/α,β-unsaturated/α-hetero) is 1. The Bertz CT molecular complexity index is 1040. The zero-order chi connectivity index (χ0) is 20.5. The number of rotatable bonds is 5. The Morgan fingerprint density at radius 2 is 1.63 bits per heavy atom. The minimum absolute atomic E-state index is 0.0178. The summed E-state index contributed by atoms with van der Waals surface area (Å²) in [6.45, 7) is 8.75. The summed E-state index contributed by atoms with van der Waals surface area (Å²) >= 11 is 0. The molecule has 0 saturated carbocycles. The summed E-state index contributed by atoms with van der Waals surface area (Å²) in [4.78, 5) is 24.3. The Morgan fingerprint density at radius 3 is 2.19 bits per heavy atom. The Labute approximate surface area is 159 Å². The van der Waals surface area contributed by atoms with Crippen LogP contribution >= 0.6 is 0 Å². The summed E-state index contributed by atoms with van der Waals surface area (Å²) < 4.78 is 28.4. The van der Waals surface area contributed by atoms with Gasteiger partial charge in [-0.2, -0.15) is 0 Å². The average molecular weight is 389 g/mol. The molecular weight excluding hydrogens is 366 g/mol. The van der Waals surface area contributed by atoms with Crippen LogP contribution in [0.15, 0.2) is 29.2 Å². The summed E-state index contributed by atoms with van der Waals surface area (Å²) in [5.74, 6) is -0.698. The van der Waals surface area contributed by atoms with Crippen LogP contribution in [0.2, 0.25) is 0 Å². The molecule has 2 aromatic rings. The fourth-order valence-electron chi connectivity index (χ4n) is 3.20. The molecule has 0 saturated heterocycles. The SMILES string of the molecule is CC(=O)c1c(C)cc(C)c(COC(=O)c2cc(S(N)(=O)=O)ccc2C)c1C. The highest BCUT2D eigenvalue weighted by Gasteiger charge is 2.18. The fourth-order valence-corrected chi connectivity index (χ4v) is 3.74. The lowest BCUT2D eigenvalue weighted by atomic mass is 9.92. The minimum Gasteiger partial charge on any atom is -0.457 e. The summed E-state index contributed by atoms with van der Waals surface area (Å²) in [6.07, 6.45) is 0. The molecule has 0 radical (unpaired) electrons. The lowest BCUT2D eigenvalue weighted by Gasteiger charge is -2.16. The Kier molecular flexibility index (Phi) is 5.87. The van der Waals surface area contributed by atoms with Crippen molar-refractivity contribution in [2.45, 2.75) is 46.1 Å². The quantitative estimate of drug-likeness (QED) is 0.625. The molecule has 0 fully saturated rings. The van der Waals surface area contributed by atoms with Crippen LogP contribution < -0.4 is 5.14 Å². The number of benzene rings is 2. The fraction of sp³-hybridized carbons (Fsp3) is 0.300. The lowest BCUT2D eigenvalue weighted by molar-refractivity contribution is 0.0470. The second kappa shape index (κ2) is 7.62. The molecule has 0 aliphatic heterocycles. The van der Waals surface area contributed by atoms with E-state index in [1.165, 1.54) is 25.1 Å². The van der Waals surface area contributed by atoms with Crippen molar-refractivity contribution in [1.82, 2.24) is 0 Å². The first kappa shape index (κ1) is 20.8. The molecule has 6 nitrogen and oxygen atoms in total. The zero-order valence-electron chi connectivity index (χ0n) is 16.0. The molecule has 0 amide bonds. The number of primary sulfonamides is 1. The summed E-state index contributed by atoms with van der Waals surface area (Å²) in [5.41, 5.74) is 4.67. The molecule has 0 aromatic heterocycles. The summed E-state index contributed by atoms with van der Waals surface area (Å²) in [6, 6.07) is 5.95. The number of ketones is 1. The number of nitrogens with two attached hydrogens (primary N) is 1. The van der Waals surface area contributed by atoms with E-state index in [0.717, 1.165) is 22.3 Å². The van der Waals surface area contributed by atoms with Crippen molar-refractivity contribution in [3.8, 4) is 0 Å². The van der Waals surface area contributed by atoms with E-state index >= 15 is 0 Å². The van der Waals surface area contributed by atoms with E-state index in [9.17, 15) is 18.0 Å². The van der Waals surface area contributed by atoms with Crippen molar-refractivity contribution in [2.24, 2.45) is 5.14 Å². The van der Waals surface area contributed by atoms with Gasteiger partial charge in [0.2, 0.25) is 10.0 Å². The lowest BCUT2D eigenvalue weighted by Crippen LogP contribution is -2.15. The van der Waals surface area contributed by atoms with Gasteiger partial charge in [0.05, 0.1) is 10.5 Å². The number of aryl methyl sites for hydroxylation is 3. The van der Waals surface area contributed by atoms with E-state index in [2.05, 4.69) is 0 Å². The van der Waals surface area contributed by atoms with Gasteiger partial charge in [0.1, 0.15) is 6.61 Å². The van der Waals surface area contributed by atoms with Crippen molar-refractivity contribution >= 4 is 21.8 Å². The third-order valence-electron chi connectivity index (χ3n) is 4.59. The largest absolute Gasteiger partial charge is 0.457 e. The van der Waals surface area contributed by atoms with E-state index < -0.39 is 16.0 Å². The highest BCUT2D eigenvalue weighted by molar-refractivity contribution is 7.89. The van der Waals surface area contributed by atoms with Gasteiger partial charge in [-0.25, -0.2) is 18.4 Å². The van der Waals surface area contributed by atoms with Gasteiger partial charge in [-0.15, -0.1) is 0 Å². The van der Waals surface area contributed by atoms with Crippen LogP contribution in [0.5, 0.6) is 0 Å². The molecule has 2 N–H and O–H groups in total. The normalized spacial score (nSPS) is 11.3. The first-order chi connectivity index (χ1) is 12.4. The molecule has 27 heavy (non-hydrogen) atoms. The van der Waals surface area contributed by atoms with E-state index in [-0.39, 0.29) is 22.8 Å². The van der Waals surface area contributed by atoms with Gasteiger partial charge in [0, 0.05) is 5.56 Å². The number of carbonyl (C=O) groups is 2. The van der Waals surface area contributed by atoms with E-state index in [0.29, 0.717) is 11.1 Å². The molecule has 7 heteroatoms. The predicted octanol–water partition coefficient (Wildman–Crippen LogP) is 3.13. The molecule has 0 aliphatic carbocycles. The van der Waals surface area contributed by atoms with Crippen molar-refractivity contribution in [1.29, 1.82) is 0 Å². The van der Waals surface area contributed by atoms with Gasteiger partial charge in [0.25, 0.3) is 0 Å². The molecule has 0 aliphatic rings. The molecule has 0 atom stereocenters. The van der Waals surface area contributed by atoms with E-state index in [1.54, 1.807) is 6.92 Å². The minimum atomic E-state index is -3.92. The maximum Gasteiger partial charge on any atom is 0.338 e. The van der Waals surface area contributed by atoms with E-state index in [1.807, 2.05) is 26.8 Å². The first-order valence-corrected chi connectivity index (χ1v) is 9.89. The van der Waals surface area contributed by atoms with Crippen molar-refractivity contribution < 1.29 is 22.7 Å². The number of sulfonamides is 1. The molecule has 2 rings (SSSR count). The topological polar surface area (TPSA) is 104 Å². The number of hydrogen-bond donors (Lipinski definition) is 1. The smallest absolute Gasteiger partial charge is 0.338 e. The number of hydrogen-bond acceptors (Lipinski definition) is 5. The van der Waals surface area contributed by atoms with Crippen LogP contribution in [0.1, 0.15) is 55.5 Å².